The van der Waals surface area contributed by atoms with Gasteiger partial charge in [0.05, 0.1) is 0 Å². The van der Waals surface area contributed by atoms with Crippen LogP contribution in [0.1, 0.15) is 108 Å². The summed E-state index contributed by atoms with van der Waals surface area (Å²) in [6, 6.07) is 23.1. The number of aryl methyl sites for hydroxylation is 2. The Bertz CT molecular complexity index is 1410. The van der Waals surface area contributed by atoms with Gasteiger partial charge in [0.1, 0.15) is 0 Å². The van der Waals surface area contributed by atoms with Gasteiger partial charge in [-0.05, 0) is 111 Å². The van der Waals surface area contributed by atoms with Gasteiger partial charge in [-0.15, -0.1) is 22.7 Å². The summed E-state index contributed by atoms with van der Waals surface area (Å²) in [5.74, 6) is 0.678. The standard InChI is InChI=1S/C37H40S2/c1-5-7-13-25-19-21-38-35(25)31-23-27-15-9-11-17-29(27)33(31)37(3,4)34-30-18-12-10-16-28(30)24-32(34)36-26(14-8-6-2)20-22-39-36/h9-12,15-24,33-34H,5-8,13-14H2,1-4H3. The largest absolute Gasteiger partial charge is 0.144 e. The Morgan fingerprint density at radius 3 is 1.49 bits per heavy atom. The second-order valence-corrected chi connectivity index (χ2v) is 13.7. The first-order valence-electron chi connectivity index (χ1n) is 14.8. The Labute approximate surface area is 243 Å². The van der Waals surface area contributed by atoms with Crippen LogP contribution < -0.4 is 0 Å². The molecule has 2 atom stereocenters. The van der Waals surface area contributed by atoms with Gasteiger partial charge in [-0.3, -0.25) is 0 Å². The van der Waals surface area contributed by atoms with E-state index in [2.05, 4.69) is 111 Å². The smallest absolute Gasteiger partial charge is 0.0340 e. The van der Waals surface area contributed by atoms with E-state index in [-0.39, 0.29) is 5.41 Å². The maximum Gasteiger partial charge on any atom is 0.0340 e. The van der Waals surface area contributed by atoms with E-state index < -0.39 is 0 Å². The van der Waals surface area contributed by atoms with E-state index in [0.717, 1.165) is 0 Å². The molecule has 6 rings (SSSR count). The number of benzene rings is 2. The fourth-order valence-electron chi connectivity index (χ4n) is 7.12. The van der Waals surface area contributed by atoms with E-state index in [0.29, 0.717) is 11.8 Å². The zero-order valence-electron chi connectivity index (χ0n) is 23.8. The fraction of sp³-hybridized carbons (Fsp3) is 0.351. The van der Waals surface area contributed by atoms with Crippen molar-refractivity contribution in [2.45, 2.75) is 78.1 Å². The van der Waals surface area contributed by atoms with Crippen molar-refractivity contribution < 1.29 is 0 Å². The van der Waals surface area contributed by atoms with E-state index in [4.69, 9.17) is 0 Å². The molecule has 2 aliphatic rings. The first-order valence-corrected chi connectivity index (χ1v) is 16.5. The van der Waals surface area contributed by atoms with Crippen molar-refractivity contribution in [2.75, 3.05) is 0 Å². The van der Waals surface area contributed by atoms with Crippen LogP contribution in [0, 0.1) is 5.41 Å². The molecular formula is C37H40S2. The Balaban J connectivity index is 1.49. The van der Waals surface area contributed by atoms with Crippen molar-refractivity contribution in [1.29, 1.82) is 0 Å². The third-order valence-corrected chi connectivity index (χ3v) is 11.0. The average molecular weight is 549 g/mol. The molecule has 0 radical (unpaired) electrons. The summed E-state index contributed by atoms with van der Waals surface area (Å²) in [5.41, 5.74) is 11.9. The lowest BCUT2D eigenvalue weighted by molar-refractivity contribution is 0.304. The molecule has 200 valence electrons. The van der Waals surface area contributed by atoms with E-state index in [1.807, 2.05) is 22.7 Å². The van der Waals surface area contributed by atoms with Crippen LogP contribution in [-0.2, 0) is 12.8 Å². The first-order chi connectivity index (χ1) is 19.0. The molecule has 0 amide bonds. The lowest BCUT2D eigenvalue weighted by atomic mass is 9.61. The predicted octanol–water partition coefficient (Wildman–Crippen LogP) is 11.5. The van der Waals surface area contributed by atoms with Gasteiger partial charge in [0.15, 0.2) is 0 Å². The van der Waals surface area contributed by atoms with E-state index in [1.165, 1.54) is 92.8 Å². The number of hydrogen-bond acceptors (Lipinski definition) is 2. The number of unbranched alkanes of at least 4 members (excludes halogenated alkanes) is 2. The molecule has 0 fully saturated rings. The zero-order chi connectivity index (χ0) is 27.0. The molecule has 4 aromatic rings. The van der Waals surface area contributed by atoms with Gasteiger partial charge in [0, 0.05) is 21.6 Å². The highest BCUT2D eigenvalue weighted by atomic mass is 32.1. The summed E-state index contributed by atoms with van der Waals surface area (Å²) in [7, 11) is 0. The van der Waals surface area contributed by atoms with Crippen molar-refractivity contribution in [3.8, 4) is 0 Å². The van der Waals surface area contributed by atoms with Gasteiger partial charge in [-0.1, -0.05) is 89.1 Å². The molecule has 2 unspecified atom stereocenters. The minimum Gasteiger partial charge on any atom is -0.144 e. The van der Waals surface area contributed by atoms with Gasteiger partial charge in [-0.2, -0.15) is 0 Å². The molecule has 0 saturated carbocycles. The van der Waals surface area contributed by atoms with E-state index >= 15 is 0 Å². The molecule has 0 saturated heterocycles. The molecule has 0 bridgehead atoms. The summed E-state index contributed by atoms with van der Waals surface area (Å²) in [4.78, 5) is 3.02. The molecule has 0 N–H and O–H groups in total. The summed E-state index contributed by atoms with van der Waals surface area (Å²) in [6.07, 6.45) is 12.3. The molecule has 2 aromatic heterocycles. The van der Waals surface area contributed by atoms with Crippen LogP contribution in [-0.4, -0.2) is 0 Å². The average Bonchev–Trinajstić information content (AvgIpc) is 3.73. The Morgan fingerprint density at radius 1 is 0.615 bits per heavy atom. The maximum atomic E-state index is 2.55. The lowest BCUT2D eigenvalue weighted by Gasteiger charge is -2.42. The second-order valence-electron chi connectivity index (χ2n) is 11.9. The summed E-state index contributed by atoms with van der Waals surface area (Å²) < 4.78 is 0. The van der Waals surface area contributed by atoms with Crippen LogP contribution in [0.4, 0.5) is 0 Å². The maximum absolute atomic E-state index is 2.55. The third kappa shape index (κ3) is 4.70. The summed E-state index contributed by atoms with van der Waals surface area (Å²) in [5, 5.41) is 4.63. The van der Waals surface area contributed by atoms with Gasteiger partial charge < -0.3 is 0 Å². The molecule has 0 spiro atoms. The third-order valence-electron chi connectivity index (χ3n) is 8.96. The Kier molecular flexibility index (Phi) is 7.53. The molecule has 2 heteroatoms. The van der Waals surface area contributed by atoms with E-state index in [1.54, 1.807) is 0 Å². The van der Waals surface area contributed by atoms with Crippen LogP contribution in [0.25, 0.3) is 23.3 Å². The quantitative estimate of drug-likeness (QED) is 0.185. The highest BCUT2D eigenvalue weighted by Crippen LogP contribution is 2.63. The molecule has 39 heavy (non-hydrogen) atoms. The van der Waals surface area contributed by atoms with Gasteiger partial charge in [0.2, 0.25) is 0 Å². The summed E-state index contributed by atoms with van der Waals surface area (Å²) >= 11 is 3.89. The molecular weight excluding hydrogens is 509 g/mol. The van der Waals surface area contributed by atoms with Crippen LogP contribution in [0.3, 0.4) is 0 Å². The first kappa shape index (κ1) is 26.5. The molecule has 0 nitrogen and oxygen atoms in total. The van der Waals surface area contributed by atoms with Gasteiger partial charge in [-0.25, -0.2) is 0 Å². The van der Waals surface area contributed by atoms with E-state index in [9.17, 15) is 0 Å². The molecule has 2 heterocycles. The normalized spacial score (nSPS) is 18.2. The van der Waals surface area contributed by atoms with Crippen LogP contribution >= 0.6 is 22.7 Å². The van der Waals surface area contributed by atoms with Crippen molar-refractivity contribution in [3.63, 3.8) is 0 Å². The van der Waals surface area contributed by atoms with Crippen molar-refractivity contribution in [3.05, 3.63) is 115 Å². The van der Waals surface area contributed by atoms with Crippen molar-refractivity contribution >= 4 is 46.0 Å². The molecule has 0 aliphatic heterocycles. The zero-order valence-corrected chi connectivity index (χ0v) is 25.4. The number of rotatable bonds is 10. The van der Waals surface area contributed by atoms with Crippen LogP contribution in [0.2, 0.25) is 0 Å². The van der Waals surface area contributed by atoms with Gasteiger partial charge >= 0.3 is 0 Å². The van der Waals surface area contributed by atoms with Crippen LogP contribution in [0.15, 0.2) is 71.4 Å². The summed E-state index contributed by atoms with van der Waals surface area (Å²) in [6.45, 7) is 9.69. The molecule has 2 aromatic carbocycles. The topological polar surface area (TPSA) is 0 Å². The number of hydrogen-bond donors (Lipinski definition) is 0. The van der Waals surface area contributed by atoms with Gasteiger partial charge in [0.25, 0.3) is 0 Å². The SMILES string of the molecule is CCCCc1ccsc1C1=Cc2ccccc2C1C(C)(C)C1C(c2sccc2CCCC)=Cc2ccccc21. The monoisotopic (exact) mass is 548 g/mol. The number of thiophene rings is 2. The number of fused-ring (bicyclic) bond motifs is 2. The molecule has 2 aliphatic carbocycles. The highest BCUT2D eigenvalue weighted by molar-refractivity contribution is 7.11. The minimum absolute atomic E-state index is 0.0189. The fourth-order valence-corrected chi connectivity index (χ4v) is 9.12. The van der Waals surface area contributed by atoms with Crippen molar-refractivity contribution in [1.82, 2.24) is 0 Å². The van der Waals surface area contributed by atoms with Crippen LogP contribution in [0.5, 0.6) is 0 Å². The lowest BCUT2D eigenvalue weighted by Crippen LogP contribution is -2.30. The Morgan fingerprint density at radius 2 is 1.05 bits per heavy atom. The minimum atomic E-state index is -0.0189. The van der Waals surface area contributed by atoms with Crippen molar-refractivity contribution in [2.24, 2.45) is 5.41 Å². The highest BCUT2D eigenvalue weighted by Gasteiger charge is 2.48. The Hall–Kier alpha value is -2.68. The predicted molar refractivity (Wildman–Crippen MR) is 174 cm³/mol. The second kappa shape index (κ2) is 11.1. The number of allylic oxidation sites excluding steroid dienone is 2.